The third kappa shape index (κ3) is 2.35. The molecule has 0 aromatic rings. The summed E-state index contributed by atoms with van der Waals surface area (Å²) in [6.45, 7) is 0.397. The highest BCUT2D eigenvalue weighted by Gasteiger charge is 2.42. The zero-order valence-electron chi connectivity index (χ0n) is 6.60. The van der Waals surface area contributed by atoms with Crippen molar-refractivity contribution in [2.45, 2.75) is 37.6 Å². The van der Waals surface area contributed by atoms with Crippen LogP contribution in [0.5, 0.6) is 0 Å². The Morgan fingerprint density at radius 3 is 2.42 bits per heavy atom. The van der Waals surface area contributed by atoms with Crippen LogP contribution in [0.25, 0.3) is 0 Å². The Kier molecular flexibility index (Phi) is 2.95. The van der Waals surface area contributed by atoms with Crippen molar-refractivity contribution >= 4 is 0 Å². The molecule has 2 N–H and O–H groups in total. The Morgan fingerprint density at radius 2 is 2.00 bits per heavy atom. The number of ether oxygens (including phenoxy) is 1. The van der Waals surface area contributed by atoms with Gasteiger partial charge in [0.2, 0.25) is 0 Å². The first-order valence-electron chi connectivity index (χ1n) is 3.95. The molecular formula is C7H12F3NO. The molecule has 0 aromatic heterocycles. The Labute approximate surface area is 68.9 Å². The highest BCUT2D eigenvalue weighted by Crippen LogP contribution is 2.26. The van der Waals surface area contributed by atoms with Gasteiger partial charge in [0.15, 0.2) is 0 Å². The van der Waals surface area contributed by atoms with E-state index in [0.29, 0.717) is 13.0 Å². The lowest BCUT2D eigenvalue weighted by molar-refractivity contribution is -0.180. The van der Waals surface area contributed by atoms with E-state index in [2.05, 4.69) is 0 Å². The number of hydrogen-bond acceptors (Lipinski definition) is 2. The molecule has 1 unspecified atom stereocenters. The molecule has 1 rings (SSSR count). The van der Waals surface area contributed by atoms with Crippen LogP contribution in [-0.4, -0.2) is 24.9 Å². The molecule has 12 heavy (non-hydrogen) atoms. The van der Waals surface area contributed by atoms with Crippen LogP contribution in [0.4, 0.5) is 13.2 Å². The quantitative estimate of drug-likeness (QED) is 0.667. The van der Waals surface area contributed by atoms with Crippen molar-refractivity contribution in [3.05, 3.63) is 0 Å². The monoisotopic (exact) mass is 183 g/mol. The van der Waals surface area contributed by atoms with E-state index in [1.54, 1.807) is 0 Å². The minimum absolute atomic E-state index is 0.397. The van der Waals surface area contributed by atoms with Crippen LogP contribution in [0, 0.1) is 0 Å². The normalized spacial score (nSPS) is 28.5. The van der Waals surface area contributed by atoms with Crippen molar-refractivity contribution in [1.82, 2.24) is 0 Å². The Bertz CT molecular complexity index is 142. The van der Waals surface area contributed by atoms with Gasteiger partial charge >= 0.3 is 6.18 Å². The van der Waals surface area contributed by atoms with E-state index in [1.807, 2.05) is 0 Å². The smallest absolute Gasteiger partial charge is 0.376 e. The van der Waals surface area contributed by atoms with Gasteiger partial charge < -0.3 is 10.5 Å². The average Bonchev–Trinajstić information content (AvgIpc) is 2.03. The van der Waals surface area contributed by atoms with E-state index in [0.717, 1.165) is 12.8 Å². The fourth-order valence-electron chi connectivity index (χ4n) is 1.26. The standard InChI is InChI=1S/C7H12F3NO/c8-7(9,10)6(11)5-3-1-2-4-12-5/h5-6H,1-4,11H2/t5?,6-/m0/s1. The molecule has 0 aromatic carbocycles. The van der Waals surface area contributed by atoms with Crippen molar-refractivity contribution in [3.8, 4) is 0 Å². The first-order valence-corrected chi connectivity index (χ1v) is 3.95. The second-order valence-corrected chi connectivity index (χ2v) is 2.97. The van der Waals surface area contributed by atoms with Crippen LogP contribution in [0.1, 0.15) is 19.3 Å². The van der Waals surface area contributed by atoms with Gasteiger partial charge in [-0.2, -0.15) is 13.2 Å². The van der Waals surface area contributed by atoms with Crippen LogP contribution in [0.15, 0.2) is 0 Å². The van der Waals surface area contributed by atoms with Crippen LogP contribution >= 0.6 is 0 Å². The fourth-order valence-corrected chi connectivity index (χ4v) is 1.26. The largest absolute Gasteiger partial charge is 0.406 e. The van der Waals surface area contributed by atoms with Crippen molar-refractivity contribution in [2.24, 2.45) is 5.73 Å². The molecule has 5 heteroatoms. The molecule has 2 atom stereocenters. The third-order valence-electron chi connectivity index (χ3n) is 1.99. The van der Waals surface area contributed by atoms with Crippen molar-refractivity contribution in [2.75, 3.05) is 6.61 Å². The van der Waals surface area contributed by atoms with Crippen molar-refractivity contribution < 1.29 is 17.9 Å². The maximum Gasteiger partial charge on any atom is 0.406 e. The minimum Gasteiger partial charge on any atom is -0.376 e. The van der Waals surface area contributed by atoms with Crippen molar-refractivity contribution in [3.63, 3.8) is 0 Å². The molecular weight excluding hydrogens is 171 g/mol. The summed E-state index contributed by atoms with van der Waals surface area (Å²) >= 11 is 0. The number of hydrogen-bond donors (Lipinski definition) is 1. The van der Waals surface area contributed by atoms with E-state index < -0.39 is 18.3 Å². The first kappa shape index (κ1) is 9.80. The summed E-state index contributed by atoms with van der Waals surface area (Å²) < 4.78 is 41.0. The van der Waals surface area contributed by atoms with Gasteiger partial charge in [0.1, 0.15) is 6.04 Å². The molecule has 0 radical (unpaired) electrons. The summed E-state index contributed by atoms with van der Waals surface area (Å²) in [7, 11) is 0. The summed E-state index contributed by atoms with van der Waals surface area (Å²) in [5, 5.41) is 0. The average molecular weight is 183 g/mol. The van der Waals surface area contributed by atoms with E-state index in [-0.39, 0.29) is 0 Å². The molecule has 0 saturated carbocycles. The van der Waals surface area contributed by atoms with Crippen molar-refractivity contribution in [1.29, 1.82) is 0 Å². The summed E-state index contributed by atoms with van der Waals surface area (Å²) in [6, 6.07) is -1.82. The summed E-state index contributed by atoms with van der Waals surface area (Å²) in [5.41, 5.74) is 4.98. The summed E-state index contributed by atoms with van der Waals surface area (Å²) in [4.78, 5) is 0. The van der Waals surface area contributed by atoms with Gasteiger partial charge in [-0.15, -0.1) is 0 Å². The second-order valence-electron chi connectivity index (χ2n) is 2.97. The Balaban J connectivity index is 2.45. The molecule has 0 aliphatic carbocycles. The van der Waals surface area contributed by atoms with Crippen LogP contribution in [-0.2, 0) is 4.74 Å². The zero-order valence-corrected chi connectivity index (χ0v) is 6.60. The van der Waals surface area contributed by atoms with Gasteiger partial charge in [-0.25, -0.2) is 0 Å². The lowest BCUT2D eigenvalue weighted by Crippen LogP contribution is -2.49. The first-order chi connectivity index (χ1) is 5.52. The lowest BCUT2D eigenvalue weighted by atomic mass is 10.0. The Morgan fingerprint density at radius 1 is 1.33 bits per heavy atom. The SMILES string of the molecule is N[C@@H](C1CCCCO1)C(F)(F)F. The molecule has 72 valence electrons. The van der Waals surface area contributed by atoms with Gasteiger partial charge in [0.05, 0.1) is 6.10 Å². The molecule has 1 aliphatic heterocycles. The summed E-state index contributed by atoms with van der Waals surface area (Å²) in [6.07, 6.45) is -3.14. The van der Waals surface area contributed by atoms with E-state index in [4.69, 9.17) is 10.5 Å². The maximum atomic E-state index is 12.0. The zero-order chi connectivity index (χ0) is 9.19. The molecule has 1 aliphatic rings. The van der Waals surface area contributed by atoms with Crippen LogP contribution in [0.2, 0.25) is 0 Å². The summed E-state index contributed by atoms with van der Waals surface area (Å²) in [5.74, 6) is 0. The number of rotatable bonds is 1. The molecule has 0 bridgehead atoms. The van der Waals surface area contributed by atoms with Gasteiger partial charge in [0.25, 0.3) is 0 Å². The van der Waals surface area contributed by atoms with E-state index >= 15 is 0 Å². The third-order valence-corrected chi connectivity index (χ3v) is 1.99. The molecule has 2 nitrogen and oxygen atoms in total. The van der Waals surface area contributed by atoms with Gasteiger partial charge in [-0.1, -0.05) is 0 Å². The second kappa shape index (κ2) is 3.62. The molecule has 0 amide bonds. The minimum atomic E-state index is -4.33. The lowest BCUT2D eigenvalue weighted by Gasteiger charge is -2.28. The molecule has 1 saturated heterocycles. The number of nitrogens with two attached hydrogens (primary N) is 1. The highest BCUT2D eigenvalue weighted by molar-refractivity contribution is 4.81. The maximum absolute atomic E-state index is 12.0. The molecule has 0 spiro atoms. The van der Waals surface area contributed by atoms with E-state index in [1.165, 1.54) is 0 Å². The van der Waals surface area contributed by atoms with Crippen LogP contribution in [0.3, 0.4) is 0 Å². The number of halogens is 3. The highest BCUT2D eigenvalue weighted by atomic mass is 19.4. The van der Waals surface area contributed by atoms with Crippen LogP contribution < -0.4 is 5.73 Å². The predicted molar refractivity (Wildman–Crippen MR) is 37.6 cm³/mol. The molecule has 1 heterocycles. The van der Waals surface area contributed by atoms with Gasteiger partial charge in [-0.05, 0) is 19.3 Å². The number of alkyl halides is 3. The van der Waals surface area contributed by atoms with E-state index in [9.17, 15) is 13.2 Å². The topological polar surface area (TPSA) is 35.2 Å². The molecule has 1 fully saturated rings. The van der Waals surface area contributed by atoms with Gasteiger partial charge in [-0.3, -0.25) is 0 Å². The van der Waals surface area contributed by atoms with Gasteiger partial charge in [0, 0.05) is 6.61 Å². The Hall–Kier alpha value is -0.290. The fraction of sp³-hybridized carbons (Fsp3) is 1.00. The predicted octanol–water partition coefficient (Wildman–Crippen LogP) is 1.45.